The van der Waals surface area contributed by atoms with E-state index < -0.39 is 0 Å². The van der Waals surface area contributed by atoms with Gasteiger partial charge >= 0.3 is 0 Å². The van der Waals surface area contributed by atoms with Gasteiger partial charge in [0.25, 0.3) is 0 Å². The minimum absolute atomic E-state index is 0.0487. The lowest BCUT2D eigenvalue weighted by Crippen LogP contribution is -2.36. The van der Waals surface area contributed by atoms with E-state index in [1.165, 1.54) is 0 Å². The van der Waals surface area contributed by atoms with Crippen molar-refractivity contribution >= 4 is 23.4 Å². The number of ether oxygens (including phenoxy) is 1. The van der Waals surface area contributed by atoms with Gasteiger partial charge in [0.1, 0.15) is 12.4 Å². The molecule has 5 nitrogen and oxygen atoms in total. The van der Waals surface area contributed by atoms with E-state index in [9.17, 15) is 9.59 Å². The third-order valence-electron chi connectivity index (χ3n) is 3.64. The predicted octanol–water partition coefficient (Wildman–Crippen LogP) is 2.09. The van der Waals surface area contributed by atoms with Crippen LogP contribution in [-0.2, 0) is 9.59 Å². The number of carbonyl (C=O) groups excluding carboxylic acids is 2. The summed E-state index contributed by atoms with van der Waals surface area (Å²) in [6, 6.07) is 7.19. The Labute approximate surface area is 135 Å². The fourth-order valence-corrected chi connectivity index (χ4v) is 2.55. The van der Waals surface area contributed by atoms with Crippen molar-refractivity contribution in [2.24, 2.45) is 5.92 Å². The van der Waals surface area contributed by atoms with Gasteiger partial charge in [-0.2, -0.15) is 0 Å². The molecule has 1 N–H and O–H groups in total. The quantitative estimate of drug-likeness (QED) is 0.815. The number of hydrogen-bond acceptors (Lipinski definition) is 3. The summed E-state index contributed by atoms with van der Waals surface area (Å²) in [5.74, 6) is 0.412. The van der Waals surface area contributed by atoms with Crippen molar-refractivity contribution in [3.8, 4) is 5.75 Å². The van der Waals surface area contributed by atoms with Crippen LogP contribution in [0.1, 0.15) is 20.3 Å². The van der Waals surface area contributed by atoms with Gasteiger partial charge in [-0.3, -0.25) is 9.59 Å². The maximum Gasteiger partial charge on any atom is 0.225 e. The zero-order valence-corrected chi connectivity index (χ0v) is 13.6. The van der Waals surface area contributed by atoms with Crippen LogP contribution < -0.4 is 10.1 Å². The second kappa shape index (κ2) is 7.49. The smallest absolute Gasteiger partial charge is 0.225 e. The molecule has 0 radical (unpaired) electrons. The molecule has 1 aliphatic heterocycles. The lowest BCUT2D eigenvalue weighted by molar-refractivity contribution is -0.129. The molecule has 1 unspecified atom stereocenters. The minimum Gasteiger partial charge on any atom is -0.492 e. The van der Waals surface area contributed by atoms with Crippen LogP contribution in [0.3, 0.4) is 0 Å². The molecule has 0 spiro atoms. The largest absolute Gasteiger partial charge is 0.492 e. The lowest BCUT2D eigenvalue weighted by Gasteiger charge is -2.20. The second-order valence-corrected chi connectivity index (χ2v) is 6.07. The molecule has 0 aromatic heterocycles. The highest BCUT2D eigenvalue weighted by atomic mass is 35.5. The molecule has 1 heterocycles. The van der Waals surface area contributed by atoms with Crippen LogP contribution in [0.25, 0.3) is 0 Å². The van der Waals surface area contributed by atoms with Crippen molar-refractivity contribution in [1.82, 2.24) is 10.2 Å². The number of carbonyl (C=O) groups is 2. The van der Waals surface area contributed by atoms with Gasteiger partial charge in [-0.05, 0) is 38.1 Å². The van der Waals surface area contributed by atoms with Crippen molar-refractivity contribution in [2.75, 3.05) is 19.7 Å². The van der Waals surface area contributed by atoms with E-state index in [1.54, 1.807) is 29.2 Å². The number of hydrogen-bond donors (Lipinski definition) is 1. The SMILES string of the molecule is CC(C)N1CC(C(=O)NCCOc2ccc(Cl)cc2)CC1=O. The maximum atomic E-state index is 12.1. The molecule has 1 aromatic carbocycles. The van der Waals surface area contributed by atoms with Gasteiger partial charge in [-0.15, -0.1) is 0 Å². The summed E-state index contributed by atoms with van der Waals surface area (Å²) in [5, 5.41) is 3.47. The first-order valence-electron chi connectivity index (χ1n) is 7.43. The minimum atomic E-state index is -0.259. The van der Waals surface area contributed by atoms with E-state index >= 15 is 0 Å². The van der Waals surface area contributed by atoms with Crippen LogP contribution in [0, 0.1) is 5.92 Å². The van der Waals surface area contributed by atoms with Crippen LogP contribution in [0.15, 0.2) is 24.3 Å². The average Bonchev–Trinajstić information content (AvgIpc) is 2.87. The molecule has 1 fully saturated rings. The molecule has 6 heteroatoms. The molecule has 1 aliphatic rings. The number of rotatable bonds is 6. The van der Waals surface area contributed by atoms with E-state index in [0.29, 0.717) is 36.9 Å². The number of benzene rings is 1. The van der Waals surface area contributed by atoms with Gasteiger partial charge < -0.3 is 15.0 Å². The zero-order valence-electron chi connectivity index (χ0n) is 12.8. The van der Waals surface area contributed by atoms with Gasteiger partial charge in [0.2, 0.25) is 11.8 Å². The van der Waals surface area contributed by atoms with E-state index in [1.807, 2.05) is 13.8 Å². The van der Waals surface area contributed by atoms with Gasteiger partial charge in [0.05, 0.1) is 12.5 Å². The molecule has 1 atom stereocenters. The summed E-state index contributed by atoms with van der Waals surface area (Å²) < 4.78 is 5.50. The van der Waals surface area contributed by atoms with Crippen LogP contribution in [0.2, 0.25) is 5.02 Å². The molecule has 0 aliphatic carbocycles. The number of halogens is 1. The fraction of sp³-hybridized carbons (Fsp3) is 0.500. The Kier molecular flexibility index (Phi) is 5.66. The maximum absolute atomic E-state index is 12.1. The van der Waals surface area contributed by atoms with Crippen LogP contribution >= 0.6 is 11.6 Å². The topological polar surface area (TPSA) is 58.6 Å². The summed E-state index contributed by atoms with van der Waals surface area (Å²) >= 11 is 5.79. The monoisotopic (exact) mass is 324 g/mol. The Morgan fingerprint density at radius 2 is 2.09 bits per heavy atom. The molecule has 0 saturated carbocycles. The van der Waals surface area contributed by atoms with Crippen LogP contribution in [0.4, 0.5) is 0 Å². The van der Waals surface area contributed by atoms with Crippen molar-refractivity contribution in [2.45, 2.75) is 26.3 Å². The molecule has 2 rings (SSSR count). The Balaban J connectivity index is 1.70. The Morgan fingerprint density at radius 1 is 1.41 bits per heavy atom. The molecule has 1 aromatic rings. The summed E-state index contributed by atoms with van der Waals surface area (Å²) in [6.07, 6.45) is 0.294. The van der Waals surface area contributed by atoms with Crippen molar-refractivity contribution in [3.63, 3.8) is 0 Å². The van der Waals surface area contributed by atoms with Crippen molar-refractivity contribution < 1.29 is 14.3 Å². The van der Waals surface area contributed by atoms with Crippen LogP contribution in [-0.4, -0.2) is 42.5 Å². The lowest BCUT2D eigenvalue weighted by atomic mass is 10.1. The zero-order chi connectivity index (χ0) is 16.1. The first-order valence-corrected chi connectivity index (χ1v) is 7.80. The highest BCUT2D eigenvalue weighted by molar-refractivity contribution is 6.30. The number of nitrogens with one attached hydrogen (secondary N) is 1. The summed E-state index contributed by atoms with van der Waals surface area (Å²) in [7, 11) is 0. The third kappa shape index (κ3) is 4.37. The molecule has 1 saturated heterocycles. The molecule has 120 valence electrons. The van der Waals surface area contributed by atoms with Gasteiger partial charge in [-0.1, -0.05) is 11.6 Å². The Morgan fingerprint density at radius 3 is 2.68 bits per heavy atom. The van der Waals surface area contributed by atoms with E-state index in [2.05, 4.69) is 5.32 Å². The Bertz CT molecular complexity index is 531. The highest BCUT2D eigenvalue weighted by Gasteiger charge is 2.35. The third-order valence-corrected chi connectivity index (χ3v) is 3.89. The van der Waals surface area contributed by atoms with Crippen molar-refractivity contribution in [3.05, 3.63) is 29.3 Å². The summed E-state index contributed by atoms with van der Waals surface area (Å²) in [4.78, 5) is 25.6. The molecular weight excluding hydrogens is 304 g/mol. The van der Waals surface area contributed by atoms with Gasteiger partial charge in [0, 0.05) is 24.0 Å². The number of likely N-dealkylation sites (tertiary alicyclic amines) is 1. The summed E-state index contributed by atoms with van der Waals surface area (Å²) in [6.45, 7) is 5.20. The molecule has 0 bridgehead atoms. The molecule has 2 amide bonds. The van der Waals surface area contributed by atoms with Gasteiger partial charge in [0.15, 0.2) is 0 Å². The molecular formula is C16H21ClN2O3. The van der Waals surface area contributed by atoms with Crippen LogP contribution in [0.5, 0.6) is 5.75 Å². The average molecular weight is 325 g/mol. The number of nitrogens with zero attached hydrogens (tertiary/aromatic N) is 1. The first kappa shape index (κ1) is 16.6. The van der Waals surface area contributed by atoms with Crippen molar-refractivity contribution in [1.29, 1.82) is 0 Å². The predicted molar refractivity (Wildman–Crippen MR) is 84.9 cm³/mol. The standard InChI is InChI=1S/C16H21ClN2O3/c1-11(2)19-10-12(9-15(19)20)16(21)18-7-8-22-14-5-3-13(17)4-6-14/h3-6,11-12H,7-10H2,1-2H3,(H,18,21). The highest BCUT2D eigenvalue weighted by Crippen LogP contribution is 2.20. The molecule has 22 heavy (non-hydrogen) atoms. The first-order chi connectivity index (χ1) is 10.5. The normalized spacial score (nSPS) is 17.9. The number of amides is 2. The van der Waals surface area contributed by atoms with E-state index in [0.717, 1.165) is 0 Å². The second-order valence-electron chi connectivity index (χ2n) is 5.63. The van der Waals surface area contributed by atoms with E-state index in [4.69, 9.17) is 16.3 Å². The summed E-state index contributed by atoms with van der Waals surface area (Å²) in [5.41, 5.74) is 0. The Hall–Kier alpha value is -1.75. The fourth-order valence-electron chi connectivity index (χ4n) is 2.42. The van der Waals surface area contributed by atoms with E-state index in [-0.39, 0.29) is 23.8 Å². The van der Waals surface area contributed by atoms with Gasteiger partial charge in [-0.25, -0.2) is 0 Å².